The highest BCUT2D eigenvalue weighted by molar-refractivity contribution is 5.85. The molecule has 2 saturated heterocycles. The Bertz CT molecular complexity index is 565. The van der Waals surface area contributed by atoms with Crippen LogP contribution in [0.25, 0.3) is 0 Å². The first-order valence-electron chi connectivity index (χ1n) is 8.37. The molecule has 25 heavy (non-hydrogen) atoms. The van der Waals surface area contributed by atoms with Crippen molar-refractivity contribution < 1.29 is 18.0 Å². The SMILES string of the molecule is Cl.O=C(C1CCNCC1)N1CCN(c2ccc(C(F)(F)F)cc2)CC1. The van der Waals surface area contributed by atoms with Crippen LogP contribution in [0.2, 0.25) is 0 Å². The minimum absolute atomic E-state index is 0. The average Bonchev–Trinajstić information content (AvgIpc) is 2.61. The predicted octanol–water partition coefficient (Wildman–Crippen LogP) is 2.78. The van der Waals surface area contributed by atoms with Crippen molar-refractivity contribution in [2.75, 3.05) is 44.2 Å². The smallest absolute Gasteiger partial charge is 0.368 e. The van der Waals surface area contributed by atoms with Crippen molar-refractivity contribution in [2.24, 2.45) is 5.92 Å². The summed E-state index contributed by atoms with van der Waals surface area (Å²) in [6.07, 6.45) is -2.53. The molecule has 3 rings (SSSR count). The molecule has 0 atom stereocenters. The maximum atomic E-state index is 12.6. The zero-order chi connectivity index (χ0) is 17.2. The predicted molar refractivity (Wildman–Crippen MR) is 93.1 cm³/mol. The Kier molecular flexibility index (Phi) is 6.57. The van der Waals surface area contributed by atoms with Gasteiger partial charge in [0.25, 0.3) is 0 Å². The maximum Gasteiger partial charge on any atom is 0.416 e. The van der Waals surface area contributed by atoms with Gasteiger partial charge in [0.2, 0.25) is 5.91 Å². The fraction of sp³-hybridized carbons (Fsp3) is 0.588. The van der Waals surface area contributed by atoms with E-state index in [4.69, 9.17) is 0 Å². The molecule has 0 unspecified atom stereocenters. The summed E-state index contributed by atoms with van der Waals surface area (Å²) in [5.41, 5.74) is 0.142. The largest absolute Gasteiger partial charge is 0.416 e. The third-order valence-corrected chi connectivity index (χ3v) is 4.84. The van der Waals surface area contributed by atoms with Crippen LogP contribution < -0.4 is 10.2 Å². The van der Waals surface area contributed by atoms with E-state index >= 15 is 0 Å². The zero-order valence-electron chi connectivity index (χ0n) is 13.9. The van der Waals surface area contributed by atoms with Crippen molar-refractivity contribution in [3.63, 3.8) is 0 Å². The van der Waals surface area contributed by atoms with E-state index in [0.29, 0.717) is 26.2 Å². The van der Waals surface area contributed by atoms with Gasteiger partial charge in [-0.1, -0.05) is 0 Å². The first kappa shape index (κ1) is 19.8. The number of amides is 1. The Morgan fingerprint density at radius 2 is 1.56 bits per heavy atom. The Morgan fingerprint density at radius 1 is 1.00 bits per heavy atom. The minimum atomic E-state index is -4.31. The Balaban J connectivity index is 0.00000225. The van der Waals surface area contributed by atoms with Gasteiger partial charge in [0.05, 0.1) is 5.56 Å². The third kappa shape index (κ3) is 4.79. The first-order valence-corrected chi connectivity index (χ1v) is 8.37. The second kappa shape index (κ2) is 8.27. The fourth-order valence-electron chi connectivity index (χ4n) is 3.37. The minimum Gasteiger partial charge on any atom is -0.368 e. The average molecular weight is 378 g/mol. The normalized spacial score (nSPS) is 19.5. The van der Waals surface area contributed by atoms with E-state index in [2.05, 4.69) is 5.32 Å². The fourth-order valence-corrected chi connectivity index (χ4v) is 3.37. The number of hydrogen-bond donors (Lipinski definition) is 1. The lowest BCUT2D eigenvalue weighted by molar-refractivity contribution is -0.138. The van der Waals surface area contributed by atoms with Crippen LogP contribution in [-0.2, 0) is 11.0 Å². The lowest BCUT2D eigenvalue weighted by Gasteiger charge is -2.38. The summed E-state index contributed by atoms with van der Waals surface area (Å²) in [4.78, 5) is 16.4. The molecule has 4 nitrogen and oxygen atoms in total. The van der Waals surface area contributed by atoms with Crippen LogP contribution in [0.1, 0.15) is 18.4 Å². The van der Waals surface area contributed by atoms with Crippen LogP contribution in [0.15, 0.2) is 24.3 Å². The molecule has 2 aliphatic heterocycles. The monoisotopic (exact) mass is 377 g/mol. The summed E-state index contributed by atoms with van der Waals surface area (Å²) < 4.78 is 37.8. The van der Waals surface area contributed by atoms with Crippen molar-refractivity contribution in [1.29, 1.82) is 0 Å². The summed E-state index contributed by atoms with van der Waals surface area (Å²) in [6.45, 7) is 4.35. The van der Waals surface area contributed by atoms with Gasteiger partial charge in [-0.05, 0) is 50.2 Å². The molecule has 8 heteroatoms. The molecule has 1 N–H and O–H groups in total. The van der Waals surface area contributed by atoms with Crippen LogP contribution in [-0.4, -0.2) is 50.1 Å². The van der Waals surface area contributed by atoms with Gasteiger partial charge in [-0.15, -0.1) is 12.4 Å². The number of halogens is 4. The number of carbonyl (C=O) groups is 1. The Morgan fingerprint density at radius 3 is 2.08 bits per heavy atom. The molecule has 0 aromatic heterocycles. The van der Waals surface area contributed by atoms with E-state index in [1.165, 1.54) is 12.1 Å². The lowest BCUT2D eigenvalue weighted by Crippen LogP contribution is -2.51. The van der Waals surface area contributed by atoms with Gasteiger partial charge in [0, 0.05) is 37.8 Å². The van der Waals surface area contributed by atoms with Gasteiger partial charge >= 0.3 is 6.18 Å². The van der Waals surface area contributed by atoms with Gasteiger partial charge < -0.3 is 15.1 Å². The summed E-state index contributed by atoms with van der Waals surface area (Å²) in [6, 6.07) is 5.24. The molecule has 140 valence electrons. The second-order valence-electron chi connectivity index (χ2n) is 6.38. The number of piperidine rings is 1. The number of rotatable bonds is 2. The van der Waals surface area contributed by atoms with E-state index in [0.717, 1.165) is 43.8 Å². The quantitative estimate of drug-likeness (QED) is 0.861. The molecule has 0 radical (unpaired) electrons. The van der Waals surface area contributed by atoms with Gasteiger partial charge in [-0.3, -0.25) is 4.79 Å². The van der Waals surface area contributed by atoms with Crippen molar-refractivity contribution in [3.05, 3.63) is 29.8 Å². The third-order valence-electron chi connectivity index (χ3n) is 4.84. The van der Waals surface area contributed by atoms with Gasteiger partial charge in [-0.25, -0.2) is 0 Å². The molecule has 0 spiro atoms. The molecular formula is C17H23ClF3N3O. The standard InChI is InChI=1S/C17H22F3N3O.ClH/c18-17(19,20)14-1-3-15(4-2-14)22-9-11-23(12-10-22)16(24)13-5-7-21-8-6-13;/h1-4,13,21H,5-12H2;1H. The summed E-state index contributed by atoms with van der Waals surface area (Å²) in [5, 5.41) is 3.26. The van der Waals surface area contributed by atoms with Crippen LogP contribution in [0, 0.1) is 5.92 Å². The van der Waals surface area contributed by atoms with Crippen LogP contribution >= 0.6 is 12.4 Å². The van der Waals surface area contributed by atoms with E-state index < -0.39 is 11.7 Å². The highest BCUT2D eigenvalue weighted by Gasteiger charge is 2.31. The molecule has 1 aromatic carbocycles. The van der Waals surface area contributed by atoms with E-state index in [1.54, 1.807) is 0 Å². The molecule has 2 heterocycles. The molecular weight excluding hydrogens is 355 g/mol. The van der Waals surface area contributed by atoms with Crippen LogP contribution in [0.3, 0.4) is 0 Å². The van der Waals surface area contributed by atoms with Crippen LogP contribution in [0.4, 0.5) is 18.9 Å². The molecule has 0 saturated carbocycles. The van der Waals surface area contributed by atoms with Gasteiger partial charge in [-0.2, -0.15) is 13.2 Å². The molecule has 0 bridgehead atoms. The van der Waals surface area contributed by atoms with Crippen molar-refractivity contribution in [3.8, 4) is 0 Å². The number of nitrogens with one attached hydrogen (secondary N) is 1. The number of anilines is 1. The number of piperazine rings is 1. The number of hydrogen-bond acceptors (Lipinski definition) is 3. The van der Waals surface area contributed by atoms with E-state index in [9.17, 15) is 18.0 Å². The van der Waals surface area contributed by atoms with Gasteiger partial charge in [0.15, 0.2) is 0 Å². The number of alkyl halides is 3. The summed E-state index contributed by atoms with van der Waals surface area (Å²) >= 11 is 0. The topological polar surface area (TPSA) is 35.6 Å². The van der Waals surface area contributed by atoms with Crippen molar-refractivity contribution in [2.45, 2.75) is 19.0 Å². The highest BCUT2D eigenvalue weighted by Crippen LogP contribution is 2.30. The summed E-state index contributed by atoms with van der Waals surface area (Å²) in [7, 11) is 0. The molecule has 2 aliphatic rings. The van der Waals surface area contributed by atoms with E-state index in [-0.39, 0.29) is 24.2 Å². The number of carbonyl (C=O) groups excluding carboxylic acids is 1. The molecule has 2 fully saturated rings. The van der Waals surface area contributed by atoms with E-state index in [1.807, 2.05) is 9.80 Å². The molecule has 1 aromatic rings. The van der Waals surface area contributed by atoms with Crippen molar-refractivity contribution >= 4 is 24.0 Å². The second-order valence-corrected chi connectivity index (χ2v) is 6.38. The lowest BCUT2D eigenvalue weighted by atomic mass is 9.96. The molecule has 1 amide bonds. The molecule has 0 aliphatic carbocycles. The van der Waals surface area contributed by atoms with Gasteiger partial charge in [0.1, 0.15) is 0 Å². The summed E-state index contributed by atoms with van der Waals surface area (Å²) in [5.74, 6) is 0.340. The van der Waals surface area contributed by atoms with Crippen LogP contribution in [0.5, 0.6) is 0 Å². The van der Waals surface area contributed by atoms with Crippen molar-refractivity contribution in [1.82, 2.24) is 10.2 Å². The maximum absolute atomic E-state index is 12.6. The number of nitrogens with zero attached hydrogens (tertiary/aromatic N) is 2. The number of benzene rings is 1. The Hall–Kier alpha value is -1.47. The zero-order valence-corrected chi connectivity index (χ0v) is 14.7. The highest BCUT2D eigenvalue weighted by atomic mass is 35.5. The first-order chi connectivity index (χ1) is 11.4. The Labute approximate surface area is 151 Å².